The fourth-order valence-electron chi connectivity index (χ4n) is 2.39. The van der Waals surface area contributed by atoms with Crippen molar-refractivity contribution < 1.29 is 30.0 Å². The van der Waals surface area contributed by atoms with Gasteiger partial charge in [-0.1, -0.05) is 12.1 Å². The molecule has 1 atom stereocenters. The minimum Gasteiger partial charge on any atom is -0.229 e. The summed E-state index contributed by atoms with van der Waals surface area (Å²) in [5.41, 5.74) is -0.627. The third-order valence-electron chi connectivity index (χ3n) is 3.74. The van der Waals surface area contributed by atoms with Crippen LogP contribution in [0.2, 0.25) is 0 Å². The second kappa shape index (κ2) is 6.06. The van der Waals surface area contributed by atoms with E-state index in [1.165, 1.54) is 0 Å². The van der Waals surface area contributed by atoms with Crippen LogP contribution >= 0.6 is 0 Å². The van der Waals surface area contributed by atoms with Crippen LogP contribution in [0.15, 0.2) is 24.3 Å². The molecule has 0 bridgehead atoms. The molecule has 0 amide bonds. The Kier molecular flexibility index (Phi) is 4.80. The zero-order valence-electron chi connectivity index (χ0n) is 12.2. The zero-order valence-corrected chi connectivity index (χ0v) is 13.9. The predicted octanol–water partition coefficient (Wildman–Crippen LogP) is 1.65. The zero-order chi connectivity index (χ0) is 17.5. The molecule has 5 nitrogen and oxygen atoms in total. The van der Waals surface area contributed by atoms with Crippen LogP contribution in [0.1, 0.15) is 17.5 Å². The number of nitrogens with zero attached hydrogens (tertiary/aromatic N) is 1. The maximum Gasteiger partial charge on any atom is 0.416 e. The fraction of sp³-hybridized carbons (Fsp3) is 0.538. The third kappa shape index (κ3) is 4.45. The van der Waals surface area contributed by atoms with E-state index in [4.69, 9.17) is 0 Å². The molecule has 0 aromatic heterocycles. The first-order valence-corrected chi connectivity index (χ1v) is 10.3. The number of rotatable bonds is 4. The van der Waals surface area contributed by atoms with Crippen molar-refractivity contribution in [1.29, 1.82) is 0 Å². The number of alkyl halides is 3. The summed E-state index contributed by atoms with van der Waals surface area (Å²) in [6.07, 6.45) is -3.19. The van der Waals surface area contributed by atoms with Crippen LogP contribution in [0, 0.1) is 0 Å². The molecule has 0 radical (unpaired) electrons. The van der Waals surface area contributed by atoms with E-state index in [-0.39, 0.29) is 25.1 Å². The molecule has 1 aliphatic rings. The normalized spacial score (nSPS) is 20.8. The first kappa shape index (κ1) is 18.2. The van der Waals surface area contributed by atoms with Gasteiger partial charge in [0, 0.05) is 19.3 Å². The topological polar surface area (TPSA) is 71.5 Å². The van der Waals surface area contributed by atoms with E-state index in [1.54, 1.807) is 0 Å². The van der Waals surface area contributed by atoms with Crippen LogP contribution in [0.4, 0.5) is 13.2 Å². The van der Waals surface area contributed by atoms with E-state index in [2.05, 4.69) is 0 Å². The maximum atomic E-state index is 12.5. The molecule has 23 heavy (non-hydrogen) atoms. The molecule has 0 spiro atoms. The number of hydrogen-bond acceptors (Lipinski definition) is 4. The lowest BCUT2D eigenvalue weighted by Crippen LogP contribution is -2.32. The first-order valence-electron chi connectivity index (χ1n) is 6.72. The van der Waals surface area contributed by atoms with Gasteiger partial charge in [-0.2, -0.15) is 13.2 Å². The monoisotopic (exact) mass is 371 g/mol. The van der Waals surface area contributed by atoms with Crippen LogP contribution in [0.5, 0.6) is 0 Å². The summed E-state index contributed by atoms with van der Waals surface area (Å²) < 4.78 is 86.0. The molecule has 0 saturated carbocycles. The van der Waals surface area contributed by atoms with Crippen LogP contribution in [0.3, 0.4) is 0 Å². The van der Waals surface area contributed by atoms with Gasteiger partial charge in [0.25, 0.3) is 0 Å². The Morgan fingerprint density at radius 2 is 1.70 bits per heavy atom. The minimum atomic E-state index is -4.48. The van der Waals surface area contributed by atoms with Gasteiger partial charge in [0.1, 0.15) is 0 Å². The summed E-state index contributed by atoms with van der Waals surface area (Å²) in [6, 6.07) is 3.89. The van der Waals surface area contributed by atoms with Crippen LogP contribution in [0.25, 0.3) is 0 Å². The lowest BCUT2D eigenvalue weighted by atomic mass is 10.1. The van der Waals surface area contributed by atoms with Crippen LogP contribution in [-0.2, 0) is 31.8 Å². The van der Waals surface area contributed by atoms with E-state index in [1.807, 2.05) is 0 Å². The highest BCUT2D eigenvalue weighted by molar-refractivity contribution is 7.91. The molecule has 1 saturated heterocycles. The largest absolute Gasteiger partial charge is 0.416 e. The second-order valence-corrected chi connectivity index (χ2v) is 9.84. The van der Waals surface area contributed by atoms with Gasteiger partial charge in [-0.3, -0.25) is 0 Å². The highest BCUT2D eigenvalue weighted by Gasteiger charge is 2.36. The van der Waals surface area contributed by atoms with Crippen molar-refractivity contribution in [3.63, 3.8) is 0 Å². The summed E-state index contributed by atoms with van der Waals surface area (Å²) >= 11 is 0. The Balaban J connectivity index is 2.10. The van der Waals surface area contributed by atoms with Gasteiger partial charge in [0.2, 0.25) is 10.0 Å². The molecule has 2 rings (SSSR count). The predicted molar refractivity (Wildman–Crippen MR) is 78.9 cm³/mol. The summed E-state index contributed by atoms with van der Waals surface area (Å²) in [6.45, 7) is -0.0114. The van der Waals surface area contributed by atoms with Crippen molar-refractivity contribution in [3.8, 4) is 0 Å². The van der Waals surface area contributed by atoms with Gasteiger partial charge in [0.15, 0.2) is 9.84 Å². The number of benzene rings is 1. The van der Waals surface area contributed by atoms with Crippen molar-refractivity contribution in [1.82, 2.24) is 4.31 Å². The van der Waals surface area contributed by atoms with Gasteiger partial charge in [0.05, 0.1) is 16.6 Å². The van der Waals surface area contributed by atoms with E-state index in [0.29, 0.717) is 0 Å². The summed E-state index contributed by atoms with van der Waals surface area (Å²) in [7, 11) is -7.09. The van der Waals surface area contributed by atoms with Gasteiger partial charge in [-0.25, -0.2) is 21.1 Å². The maximum absolute atomic E-state index is 12.5. The van der Waals surface area contributed by atoms with E-state index < -0.39 is 42.6 Å². The van der Waals surface area contributed by atoms with E-state index >= 15 is 0 Å². The molecule has 0 aliphatic carbocycles. The molecule has 1 fully saturated rings. The van der Waals surface area contributed by atoms with Gasteiger partial charge in [-0.15, -0.1) is 0 Å². The number of sulfonamides is 1. The molecule has 1 heterocycles. The molecule has 10 heteroatoms. The Bertz CT molecular complexity index is 770. The molecule has 130 valence electrons. The third-order valence-corrected chi connectivity index (χ3v) is 7.15. The van der Waals surface area contributed by atoms with Crippen molar-refractivity contribution in [2.45, 2.75) is 23.6 Å². The Hall–Kier alpha value is -1.13. The average Bonchev–Trinajstić information content (AvgIpc) is 2.88. The molecule has 0 N–H and O–H groups in total. The second-order valence-electron chi connectivity index (χ2n) is 5.55. The van der Waals surface area contributed by atoms with Crippen LogP contribution < -0.4 is 0 Å². The van der Waals surface area contributed by atoms with E-state index in [9.17, 15) is 30.0 Å². The Morgan fingerprint density at radius 1 is 1.13 bits per heavy atom. The smallest absolute Gasteiger partial charge is 0.229 e. The SMILES string of the molecule is CS(=O)(=O)[C@@H]1CCN(S(=O)(=O)Cc2ccc(C(F)(F)F)cc2)C1. The number of hydrogen-bond donors (Lipinski definition) is 0. The average molecular weight is 371 g/mol. The first-order chi connectivity index (χ1) is 10.4. The molecule has 1 aromatic carbocycles. The highest BCUT2D eigenvalue weighted by Crippen LogP contribution is 2.29. The van der Waals surface area contributed by atoms with Gasteiger partial charge < -0.3 is 0 Å². The Labute approximate surface area is 133 Å². The molecular formula is C13H16F3NO4S2. The molecule has 1 aliphatic heterocycles. The number of sulfone groups is 1. The Morgan fingerprint density at radius 3 is 2.13 bits per heavy atom. The summed E-state index contributed by atoms with van der Waals surface area (Å²) in [5.74, 6) is -0.457. The molecular weight excluding hydrogens is 355 g/mol. The molecule has 1 aromatic rings. The molecule has 0 unspecified atom stereocenters. The van der Waals surface area contributed by atoms with Crippen LogP contribution in [-0.4, -0.2) is 45.7 Å². The summed E-state index contributed by atoms with van der Waals surface area (Å²) in [4.78, 5) is 0. The fourth-order valence-corrected chi connectivity index (χ4v) is 5.06. The quantitative estimate of drug-likeness (QED) is 0.807. The van der Waals surface area contributed by atoms with Crippen molar-refractivity contribution in [3.05, 3.63) is 35.4 Å². The summed E-state index contributed by atoms with van der Waals surface area (Å²) in [5, 5.41) is -0.732. The van der Waals surface area contributed by atoms with Crippen molar-refractivity contribution in [2.75, 3.05) is 19.3 Å². The lowest BCUT2D eigenvalue weighted by molar-refractivity contribution is -0.137. The van der Waals surface area contributed by atoms with Crippen molar-refractivity contribution >= 4 is 19.9 Å². The number of halogens is 3. The van der Waals surface area contributed by atoms with Gasteiger partial charge >= 0.3 is 6.18 Å². The highest BCUT2D eigenvalue weighted by atomic mass is 32.2. The van der Waals surface area contributed by atoms with Gasteiger partial charge in [-0.05, 0) is 24.1 Å². The minimum absolute atomic E-state index is 0.0979. The lowest BCUT2D eigenvalue weighted by Gasteiger charge is -2.16. The standard InChI is InChI=1S/C13H16F3NO4S2/c1-22(18,19)12-6-7-17(8-12)23(20,21)9-10-2-4-11(5-3-10)13(14,15)16/h2-5,12H,6-9H2,1H3/t12-/m1/s1. The van der Waals surface area contributed by atoms with Crippen molar-refractivity contribution in [2.24, 2.45) is 0 Å². The van der Waals surface area contributed by atoms with E-state index in [0.717, 1.165) is 34.8 Å².